The Balaban J connectivity index is 2.01. The number of anilines is 1. The number of aryl methyl sites for hydroxylation is 1. The summed E-state index contributed by atoms with van der Waals surface area (Å²) in [6, 6.07) is 14.9. The van der Waals surface area contributed by atoms with Gasteiger partial charge in [0.15, 0.2) is 0 Å². The van der Waals surface area contributed by atoms with E-state index < -0.39 is 0 Å². The molecule has 3 unspecified atom stereocenters. The van der Waals surface area contributed by atoms with E-state index in [-0.39, 0.29) is 40.2 Å². The molecule has 2 aromatic carbocycles. The molecule has 0 heterocycles. The molecule has 0 aromatic heterocycles. The third-order valence-electron chi connectivity index (χ3n) is 8.68. The summed E-state index contributed by atoms with van der Waals surface area (Å²) in [4.78, 5) is 13.9. The largest absolute Gasteiger partial charge is 0.358 e. The molecule has 0 spiro atoms. The van der Waals surface area contributed by atoms with Crippen LogP contribution in [0.3, 0.4) is 0 Å². The molecule has 1 aliphatic carbocycles. The van der Waals surface area contributed by atoms with Gasteiger partial charge in [-0.05, 0) is 86.1 Å². The molecule has 5 heteroatoms. The summed E-state index contributed by atoms with van der Waals surface area (Å²) >= 11 is 0. The second kappa shape index (κ2) is 13.6. The van der Waals surface area contributed by atoms with Gasteiger partial charge in [0.05, 0.1) is 0 Å². The number of amides is 1. The van der Waals surface area contributed by atoms with Crippen molar-refractivity contribution < 1.29 is 9.18 Å². The van der Waals surface area contributed by atoms with E-state index in [1.165, 1.54) is 23.3 Å². The van der Waals surface area contributed by atoms with Gasteiger partial charge in [0.1, 0.15) is 11.5 Å². The second-order valence-electron chi connectivity index (χ2n) is 13.1. The molecule has 218 valence electrons. The van der Waals surface area contributed by atoms with Crippen LogP contribution in [-0.4, -0.2) is 17.7 Å². The maximum Gasteiger partial charge on any atom is 0.269 e. The third-order valence-corrected chi connectivity index (χ3v) is 8.68. The molecule has 0 fully saturated rings. The van der Waals surface area contributed by atoms with E-state index in [4.69, 9.17) is 0 Å². The number of nitrogens with one attached hydrogen (secondary N) is 3. The fourth-order valence-electron chi connectivity index (χ4n) is 6.43. The lowest BCUT2D eigenvalue weighted by Crippen LogP contribution is -2.55. The number of carbonyl (C=O) groups excluding carboxylic acids is 1. The van der Waals surface area contributed by atoms with Gasteiger partial charge in [-0.1, -0.05) is 84.2 Å². The molecule has 3 N–H and O–H groups in total. The number of hydrogen-bond donors (Lipinski definition) is 3. The van der Waals surface area contributed by atoms with Crippen molar-refractivity contribution in [2.75, 3.05) is 5.32 Å². The topological polar surface area (TPSA) is 65.0 Å². The highest BCUT2D eigenvalue weighted by Crippen LogP contribution is 2.40. The minimum absolute atomic E-state index is 0.0459. The lowest BCUT2D eigenvalue weighted by Gasteiger charge is -2.45. The number of benzene rings is 2. The number of carbonyl (C=O) groups is 1. The molecule has 3 rings (SSSR count). The third kappa shape index (κ3) is 8.05. The summed E-state index contributed by atoms with van der Waals surface area (Å²) in [5, 5.41) is 16.1. The number of allylic oxidation sites excluding steroid dienone is 1. The Bertz CT molecular complexity index is 1180. The Labute approximate surface area is 241 Å². The molecule has 0 saturated heterocycles. The minimum Gasteiger partial charge on any atom is -0.358 e. The van der Waals surface area contributed by atoms with Gasteiger partial charge in [0.25, 0.3) is 5.91 Å². The monoisotopic (exact) mass is 547 g/mol. The minimum atomic E-state index is -0.305. The first-order valence-corrected chi connectivity index (χ1v) is 15.1. The van der Waals surface area contributed by atoms with Crippen LogP contribution in [0.5, 0.6) is 0 Å². The van der Waals surface area contributed by atoms with E-state index >= 15 is 0 Å². The maximum atomic E-state index is 13.9. The molecule has 1 aliphatic rings. The molecular weight excluding hydrogens is 497 g/mol. The Kier molecular flexibility index (Phi) is 10.7. The van der Waals surface area contributed by atoms with E-state index in [0.717, 1.165) is 61.9 Å². The van der Waals surface area contributed by atoms with Crippen molar-refractivity contribution in [3.8, 4) is 0 Å². The first-order valence-electron chi connectivity index (χ1n) is 15.1. The van der Waals surface area contributed by atoms with Crippen LogP contribution < -0.4 is 10.6 Å². The van der Waals surface area contributed by atoms with Crippen molar-refractivity contribution in [2.45, 2.75) is 106 Å². The summed E-state index contributed by atoms with van der Waals surface area (Å²) in [6.45, 7) is 15.3. The first kappa shape index (κ1) is 31.6. The molecule has 0 bridgehead atoms. The predicted molar refractivity (Wildman–Crippen MR) is 166 cm³/mol. The zero-order chi connectivity index (χ0) is 29.5. The van der Waals surface area contributed by atoms with Crippen LogP contribution in [0.2, 0.25) is 0 Å². The van der Waals surface area contributed by atoms with Gasteiger partial charge in [-0.25, -0.2) is 4.39 Å². The molecule has 0 saturated carbocycles. The van der Waals surface area contributed by atoms with Crippen LogP contribution in [0, 0.1) is 34.9 Å². The lowest BCUT2D eigenvalue weighted by molar-refractivity contribution is -0.117. The Hall–Kier alpha value is -2.95. The van der Waals surface area contributed by atoms with E-state index in [1.54, 1.807) is 12.1 Å². The quantitative estimate of drug-likeness (QED) is 0.246. The van der Waals surface area contributed by atoms with Gasteiger partial charge in [0.2, 0.25) is 0 Å². The fourth-order valence-corrected chi connectivity index (χ4v) is 6.43. The standard InChI is InChI=1S/C35H50FN3O/c1-8-22-35(7,9-2)33(34(4,5)6)39-32(40)30(37)29-13-11-10-12-26(23-25-16-14-24(3)15-17-25)31(29)38-28-20-18-27(36)19-21-28/h14-21,26,33,37-38H,8-13,22-23H2,1-7H3,(H,39,40). The molecule has 1 amide bonds. The summed E-state index contributed by atoms with van der Waals surface area (Å²) in [5.74, 6) is -0.471. The summed E-state index contributed by atoms with van der Waals surface area (Å²) in [5.41, 5.74) is 4.75. The first-order chi connectivity index (χ1) is 18.9. The molecule has 3 atom stereocenters. The Morgan fingerprint density at radius 2 is 1.68 bits per heavy atom. The second-order valence-corrected chi connectivity index (χ2v) is 13.1. The highest BCUT2D eigenvalue weighted by atomic mass is 19.1. The van der Waals surface area contributed by atoms with Crippen LogP contribution in [0.15, 0.2) is 59.8 Å². The normalized spacial score (nSPS) is 18.4. The highest BCUT2D eigenvalue weighted by molar-refractivity contribution is 6.44. The summed E-state index contributed by atoms with van der Waals surface area (Å²) < 4.78 is 13.7. The molecule has 40 heavy (non-hydrogen) atoms. The van der Waals surface area contributed by atoms with E-state index in [0.29, 0.717) is 6.42 Å². The Morgan fingerprint density at radius 1 is 1.02 bits per heavy atom. The van der Waals surface area contributed by atoms with E-state index in [1.807, 2.05) is 0 Å². The van der Waals surface area contributed by atoms with Gasteiger partial charge < -0.3 is 10.6 Å². The van der Waals surface area contributed by atoms with Crippen LogP contribution in [0.4, 0.5) is 10.1 Å². The van der Waals surface area contributed by atoms with Crippen LogP contribution in [0.1, 0.15) is 97.6 Å². The fraction of sp³-hybridized carbons (Fsp3) is 0.543. The molecule has 0 aliphatic heterocycles. The van der Waals surface area contributed by atoms with Gasteiger partial charge in [-0.15, -0.1) is 0 Å². The van der Waals surface area contributed by atoms with Crippen molar-refractivity contribution in [1.29, 1.82) is 5.41 Å². The van der Waals surface area contributed by atoms with Crippen LogP contribution in [0.25, 0.3) is 0 Å². The van der Waals surface area contributed by atoms with Crippen molar-refractivity contribution in [3.05, 3.63) is 76.7 Å². The van der Waals surface area contributed by atoms with Crippen molar-refractivity contribution >= 4 is 17.3 Å². The van der Waals surface area contributed by atoms with Crippen molar-refractivity contribution in [1.82, 2.24) is 5.32 Å². The lowest BCUT2D eigenvalue weighted by atomic mass is 9.66. The van der Waals surface area contributed by atoms with E-state index in [2.05, 4.69) is 83.4 Å². The Morgan fingerprint density at radius 3 is 2.25 bits per heavy atom. The zero-order valence-electron chi connectivity index (χ0n) is 25.7. The van der Waals surface area contributed by atoms with Gasteiger partial charge in [-0.3, -0.25) is 10.2 Å². The molecule has 2 aromatic rings. The molecule has 0 radical (unpaired) electrons. The molecule has 4 nitrogen and oxygen atoms in total. The molecular formula is C35H50FN3O. The van der Waals surface area contributed by atoms with Gasteiger partial charge in [0, 0.05) is 28.9 Å². The average Bonchev–Trinajstić information content (AvgIpc) is 3.10. The SMILES string of the molecule is CCCC(C)(CC)C(NC(=O)C(=N)C1=C(Nc2ccc(F)cc2)C(Cc2ccc(C)cc2)CCCC1)C(C)(C)C. The van der Waals surface area contributed by atoms with Crippen molar-refractivity contribution in [2.24, 2.45) is 16.7 Å². The number of halogens is 1. The van der Waals surface area contributed by atoms with Crippen molar-refractivity contribution in [3.63, 3.8) is 0 Å². The predicted octanol–water partition coefficient (Wildman–Crippen LogP) is 9.00. The highest BCUT2D eigenvalue weighted by Gasteiger charge is 2.41. The van der Waals surface area contributed by atoms with E-state index in [9.17, 15) is 14.6 Å². The zero-order valence-corrected chi connectivity index (χ0v) is 25.7. The van der Waals surface area contributed by atoms with Crippen LogP contribution in [-0.2, 0) is 11.2 Å². The number of rotatable bonds is 11. The summed E-state index contributed by atoms with van der Waals surface area (Å²) in [6.07, 6.45) is 7.41. The average molecular weight is 548 g/mol. The summed E-state index contributed by atoms with van der Waals surface area (Å²) in [7, 11) is 0. The smallest absolute Gasteiger partial charge is 0.269 e. The maximum absolute atomic E-state index is 13.9. The van der Waals surface area contributed by atoms with Gasteiger partial charge in [-0.2, -0.15) is 0 Å². The van der Waals surface area contributed by atoms with Gasteiger partial charge >= 0.3 is 0 Å². The number of hydrogen-bond acceptors (Lipinski definition) is 3. The van der Waals surface area contributed by atoms with Crippen LogP contribution >= 0.6 is 0 Å².